The van der Waals surface area contributed by atoms with Gasteiger partial charge in [0, 0.05) is 23.9 Å². The molecular weight excluding hydrogens is 332 g/mol. The van der Waals surface area contributed by atoms with Crippen molar-refractivity contribution in [2.24, 2.45) is 0 Å². The zero-order chi connectivity index (χ0) is 18.5. The Hall–Kier alpha value is -2.88. The number of rotatable bonds is 5. The maximum absolute atomic E-state index is 12.3. The van der Waals surface area contributed by atoms with Gasteiger partial charge in [-0.3, -0.25) is 4.79 Å². The Labute approximate surface area is 152 Å². The van der Waals surface area contributed by atoms with Crippen LogP contribution in [-0.4, -0.2) is 28.2 Å². The van der Waals surface area contributed by atoms with Crippen molar-refractivity contribution in [2.45, 2.75) is 58.1 Å². The molecule has 0 spiro atoms. The first kappa shape index (κ1) is 17.9. The number of carbonyl (C=O) groups excluding carboxylic acids is 1. The highest BCUT2D eigenvalue weighted by Crippen LogP contribution is 2.23. The maximum atomic E-state index is 12.3. The quantitative estimate of drug-likeness (QED) is 0.886. The van der Waals surface area contributed by atoms with Gasteiger partial charge in [0.05, 0.1) is 17.7 Å². The lowest BCUT2D eigenvalue weighted by Crippen LogP contribution is -2.40. The summed E-state index contributed by atoms with van der Waals surface area (Å²) in [6.07, 6.45) is 5.35. The second-order valence-corrected chi connectivity index (χ2v) is 6.64. The number of nitriles is 1. The predicted molar refractivity (Wildman–Crippen MR) is 93.4 cm³/mol. The first-order valence-electron chi connectivity index (χ1n) is 8.79. The van der Waals surface area contributed by atoms with Crippen molar-refractivity contribution in [1.29, 1.82) is 5.26 Å². The maximum Gasteiger partial charge on any atom is 0.224 e. The van der Waals surface area contributed by atoms with E-state index in [1.54, 1.807) is 12.1 Å². The molecule has 0 atom stereocenters. The van der Waals surface area contributed by atoms with E-state index in [0.29, 0.717) is 23.6 Å². The van der Waals surface area contributed by atoms with Gasteiger partial charge in [-0.2, -0.15) is 5.26 Å². The molecule has 1 N–H and O–H groups in total. The molecule has 1 fully saturated rings. The standard InChI is InChI=1S/C19H22N4O3/c1-12-17(13(2)26-23-12)9-18(24)22-15-4-6-16(7-5-15)25-19-8-3-14(10-20)11-21-19/h3,8,11,15-16H,4-7,9H2,1-2H3,(H,22,24). The summed E-state index contributed by atoms with van der Waals surface area (Å²) in [5, 5.41) is 15.8. The first-order valence-corrected chi connectivity index (χ1v) is 8.79. The van der Waals surface area contributed by atoms with Crippen LogP contribution in [-0.2, 0) is 11.2 Å². The van der Waals surface area contributed by atoms with Gasteiger partial charge in [-0.1, -0.05) is 5.16 Å². The molecule has 0 aliphatic heterocycles. The highest BCUT2D eigenvalue weighted by molar-refractivity contribution is 5.79. The van der Waals surface area contributed by atoms with E-state index in [1.165, 1.54) is 6.20 Å². The van der Waals surface area contributed by atoms with Crippen molar-refractivity contribution in [3.05, 3.63) is 40.9 Å². The Morgan fingerprint density at radius 1 is 1.35 bits per heavy atom. The fourth-order valence-electron chi connectivity index (χ4n) is 3.21. The van der Waals surface area contributed by atoms with E-state index in [0.717, 1.165) is 36.9 Å². The van der Waals surface area contributed by atoms with Crippen LogP contribution in [0.2, 0.25) is 0 Å². The number of aromatic nitrogens is 2. The molecule has 2 heterocycles. The Morgan fingerprint density at radius 3 is 2.69 bits per heavy atom. The van der Waals surface area contributed by atoms with Gasteiger partial charge in [0.2, 0.25) is 11.8 Å². The number of amides is 1. The second-order valence-electron chi connectivity index (χ2n) is 6.64. The third kappa shape index (κ3) is 4.39. The summed E-state index contributed by atoms with van der Waals surface area (Å²) < 4.78 is 11.0. The molecule has 0 aromatic carbocycles. The van der Waals surface area contributed by atoms with E-state index in [1.807, 2.05) is 19.9 Å². The molecule has 0 saturated heterocycles. The predicted octanol–water partition coefficient (Wildman–Crippen LogP) is 2.61. The summed E-state index contributed by atoms with van der Waals surface area (Å²) in [6, 6.07) is 5.62. The number of carbonyl (C=O) groups is 1. The molecule has 0 bridgehead atoms. The van der Waals surface area contributed by atoms with E-state index in [-0.39, 0.29) is 18.1 Å². The lowest BCUT2D eigenvalue weighted by atomic mass is 9.92. The lowest BCUT2D eigenvalue weighted by Gasteiger charge is -2.29. The van der Waals surface area contributed by atoms with E-state index in [9.17, 15) is 4.79 Å². The molecule has 0 unspecified atom stereocenters. The number of nitrogens with one attached hydrogen (secondary N) is 1. The summed E-state index contributed by atoms with van der Waals surface area (Å²) in [4.78, 5) is 16.4. The molecule has 2 aromatic heterocycles. The highest BCUT2D eigenvalue weighted by atomic mass is 16.5. The number of ether oxygens (including phenoxy) is 1. The average Bonchev–Trinajstić information content (AvgIpc) is 2.96. The molecule has 7 nitrogen and oxygen atoms in total. The van der Waals surface area contributed by atoms with Crippen LogP contribution in [0.1, 0.15) is 48.3 Å². The highest BCUT2D eigenvalue weighted by Gasteiger charge is 2.24. The van der Waals surface area contributed by atoms with Crippen molar-refractivity contribution in [3.63, 3.8) is 0 Å². The van der Waals surface area contributed by atoms with Gasteiger partial charge in [0.15, 0.2) is 0 Å². The molecule has 136 valence electrons. The number of nitrogens with zero attached hydrogens (tertiary/aromatic N) is 3. The Balaban J connectivity index is 1.44. The van der Waals surface area contributed by atoms with Crippen molar-refractivity contribution in [3.8, 4) is 11.9 Å². The van der Waals surface area contributed by atoms with Crippen LogP contribution in [0.4, 0.5) is 0 Å². The molecular formula is C19H22N4O3. The second kappa shape index (κ2) is 8.00. The molecule has 0 radical (unpaired) electrons. The van der Waals surface area contributed by atoms with Gasteiger partial charge >= 0.3 is 0 Å². The average molecular weight is 354 g/mol. The Bertz CT molecular complexity index is 780. The van der Waals surface area contributed by atoms with Gasteiger partial charge < -0.3 is 14.6 Å². The van der Waals surface area contributed by atoms with Crippen LogP contribution < -0.4 is 10.1 Å². The number of hydrogen-bond acceptors (Lipinski definition) is 6. The van der Waals surface area contributed by atoms with Crippen LogP contribution in [0.3, 0.4) is 0 Å². The smallest absolute Gasteiger partial charge is 0.224 e. The van der Waals surface area contributed by atoms with Crippen LogP contribution in [0, 0.1) is 25.2 Å². The Morgan fingerprint density at radius 2 is 2.12 bits per heavy atom. The van der Waals surface area contributed by atoms with E-state index >= 15 is 0 Å². The summed E-state index contributed by atoms with van der Waals surface area (Å²) in [5.41, 5.74) is 2.15. The monoisotopic (exact) mass is 354 g/mol. The molecule has 26 heavy (non-hydrogen) atoms. The van der Waals surface area contributed by atoms with E-state index in [2.05, 4.69) is 15.5 Å². The normalized spacial score (nSPS) is 19.6. The van der Waals surface area contributed by atoms with Crippen molar-refractivity contribution in [2.75, 3.05) is 0 Å². The zero-order valence-electron chi connectivity index (χ0n) is 15.0. The number of pyridine rings is 1. The van der Waals surface area contributed by atoms with Gasteiger partial charge in [0.25, 0.3) is 0 Å². The summed E-state index contributed by atoms with van der Waals surface area (Å²) in [6.45, 7) is 3.67. The van der Waals surface area contributed by atoms with Crippen molar-refractivity contribution in [1.82, 2.24) is 15.5 Å². The molecule has 1 aliphatic rings. The topological polar surface area (TPSA) is 101 Å². The third-order valence-corrected chi connectivity index (χ3v) is 4.71. The lowest BCUT2D eigenvalue weighted by molar-refractivity contribution is -0.121. The number of hydrogen-bond donors (Lipinski definition) is 1. The minimum atomic E-state index is -0.00229. The molecule has 1 aliphatic carbocycles. The SMILES string of the molecule is Cc1noc(C)c1CC(=O)NC1CCC(Oc2ccc(C#N)cn2)CC1. The van der Waals surface area contributed by atoms with Crippen LogP contribution in [0.25, 0.3) is 0 Å². The zero-order valence-corrected chi connectivity index (χ0v) is 15.0. The van der Waals surface area contributed by atoms with Gasteiger partial charge in [0.1, 0.15) is 17.9 Å². The summed E-state index contributed by atoms with van der Waals surface area (Å²) in [5.74, 6) is 1.23. The summed E-state index contributed by atoms with van der Waals surface area (Å²) in [7, 11) is 0. The fraction of sp³-hybridized carbons (Fsp3) is 0.474. The number of aryl methyl sites for hydroxylation is 2. The van der Waals surface area contributed by atoms with E-state index in [4.69, 9.17) is 14.5 Å². The van der Waals surface area contributed by atoms with E-state index < -0.39 is 0 Å². The minimum Gasteiger partial charge on any atom is -0.474 e. The van der Waals surface area contributed by atoms with Gasteiger partial charge in [-0.15, -0.1) is 0 Å². The molecule has 2 aromatic rings. The fourth-order valence-corrected chi connectivity index (χ4v) is 3.21. The molecule has 1 saturated carbocycles. The Kier molecular flexibility index (Phi) is 5.52. The van der Waals surface area contributed by atoms with Crippen molar-refractivity contribution < 1.29 is 14.1 Å². The third-order valence-electron chi connectivity index (χ3n) is 4.71. The molecule has 1 amide bonds. The van der Waals surface area contributed by atoms with Crippen LogP contribution in [0.5, 0.6) is 5.88 Å². The first-order chi connectivity index (χ1) is 12.5. The summed E-state index contributed by atoms with van der Waals surface area (Å²) >= 11 is 0. The van der Waals surface area contributed by atoms with Gasteiger partial charge in [-0.25, -0.2) is 4.98 Å². The van der Waals surface area contributed by atoms with Crippen LogP contribution in [0.15, 0.2) is 22.9 Å². The molecule has 3 rings (SSSR count). The van der Waals surface area contributed by atoms with Gasteiger partial charge in [-0.05, 0) is 45.6 Å². The molecule has 7 heteroatoms. The van der Waals surface area contributed by atoms with Crippen LogP contribution >= 0.6 is 0 Å². The minimum absolute atomic E-state index is 0.00229. The largest absolute Gasteiger partial charge is 0.474 e. The van der Waals surface area contributed by atoms with Crippen molar-refractivity contribution >= 4 is 5.91 Å².